The van der Waals surface area contributed by atoms with Crippen molar-refractivity contribution in [3.8, 4) is 10.6 Å². The second-order valence-corrected chi connectivity index (χ2v) is 9.20. The second kappa shape index (κ2) is 8.87. The van der Waals surface area contributed by atoms with Crippen LogP contribution in [0.1, 0.15) is 23.0 Å². The minimum absolute atomic E-state index is 0.0377. The number of esters is 1. The number of nitrogens with zero attached hydrogens (tertiary/aromatic N) is 1. The van der Waals surface area contributed by atoms with E-state index in [2.05, 4.69) is 9.88 Å². The van der Waals surface area contributed by atoms with Crippen LogP contribution in [0.25, 0.3) is 10.6 Å². The van der Waals surface area contributed by atoms with Crippen LogP contribution in [0.5, 0.6) is 0 Å². The fraction of sp³-hybridized carbons (Fsp3) is 0.222. The van der Waals surface area contributed by atoms with Gasteiger partial charge in [-0.15, -0.1) is 11.3 Å². The first-order valence-corrected chi connectivity index (χ1v) is 11.0. The molecule has 0 aliphatic heterocycles. The predicted molar refractivity (Wildman–Crippen MR) is 106 cm³/mol. The van der Waals surface area contributed by atoms with Crippen molar-refractivity contribution in [2.75, 3.05) is 13.2 Å². The van der Waals surface area contributed by atoms with Gasteiger partial charge < -0.3 is 9.26 Å². The lowest BCUT2D eigenvalue weighted by Crippen LogP contribution is -2.25. The molecular formula is C18H17ClN2O5S2. The number of hydrogen-bond acceptors (Lipinski definition) is 7. The molecule has 1 aromatic carbocycles. The summed E-state index contributed by atoms with van der Waals surface area (Å²) in [6.45, 7) is 2.17. The minimum Gasteiger partial charge on any atom is -0.461 e. The van der Waals surface area contributed by atoms with Gasteiger partial charge in [0.15, 0.2) is 11.5 Å². The molecule has 3 aromatic rings. The number of ether oxygens (including phenoxy) is 1. The average Bonchev–Trinajstić information content (AvgIpc) is 3.33. The number of aromatic nitrogens is 1. The third-order valence-corrected chi connectivity index (χ3v) is 7.01. The molecule has 2 aromatic heterocycles. The molecule has 0 bridgehead atoms. The van der Waals surface area contributed by atoms with Gasteiger partial charge in [-0.3, -0.25) is 0 Å². The monoisotopic (exact) mass is 440 g/mol. The van der Waals surface area contributed by atoms with E-state index < -0.39 is 16.0 Å². The van der Waals surface area contributed by atoms with E-state index >= 15 is 0 Å². The molecule has 0 aliphatic carbocycles. The standard InChI is InChI=1S/C18H17ClN2O5S2/c1-2-25-18(22)14-11-15(26-21-14)16-7-8-17(27-16)28(23,24)20-10-9-12-3-5-13(19)6-4-12/h3-8,11,20H,2,9-10H2,1H3. The summed E-state index contributed by atoms with van der Waals surface area (Å²) >= 11 is 6.86. The maximum absolute atomic E-state index is 12.5. The average molecular weight is 441 g/mol. The molecule has 148 valence electrons. The molecule has 0 spiro atoms. The van der Waals surface area contributed by atoms with Gasteiger partial charge in [-0.25, -0.2) is 17.9 Å². The maximum Gasteiger partial charge on any atom is 0.360 e. The lowest BCUT2D eigenvalue weighted by atomic mass is 10.2. The molecule has 10 heteroatoms. The van der Waals surface area contributed by atoms with Crippen LogP contribution in [0.4, 0.5) is 0 Å². The number of rotatable bonds is 8. The molecule has 2 heterocycles. The zero-order valence-corrected chi connectivity index (χ0v) is 17.2. The van der Waals surface area contributed by atoms with E-state index in [4.69, 9.17) is 20.9 Å². The molecule has 0 saturated carbocycles. The molecular weight excluding hydrogens is 424 g/mol. The summed E-state index contributed by atoms with van der Waals surface area (Å²) in [5.41, 5.74) is 1.02. The predicted octanol–water partition coefficient (Wildman–Crippen LogP) is 3.75. The van der Waals surface area contributed by atoms with E-state index in [1.165, 1.54) is 12.1 Å². The fourth-order valence-electron chi connectivity index (χ4n) is 2.34. The molecule has 0 saturated heterocycles. The van der Waals surface area contributed by atoms with Crippen LogP contribution in [0.2, 0.25) is 5.02 Å². The van der Waals surface area contributed by atoms with E-state index in [0.29, 0.717) is 22.1 Å². The van der Waals surface area contributed by atoms with Gasteiger partial charge in [0.2, 0.25) is 10.0 Å². The van der Waals surface area contributed by atoms with Crippen molar-refractivity contribution in [2.45, 2.75) is 17.6 Å². The highest BCUT2D eigenvalue weighted by Crippen LogP contribution is 2.31. The zero-order valence-electron chi connectivity index (χ0n) is 14.8. The first kappa shape index (κ1) is 20.5. The number of carbonyl (C=O) groups excluding carboxylic acids is 1. The lowest BCUT2D eigenvalue weighted by molar-refractivity contribution is 0.0514. The summed E-state index contributed by atoms with van der Waals surface area (Å²) in [7, 11) is -3.66. The highest BCUT2D eigenvalue weighted by molar-refractivity contribution is 7.91. The van der Waals surface area contributed by atoms with Crippen LogP contribution in [0, 0.1) is 0 Å². The Kier molecular flexibility index (Phi) is 6.50. The van der Waals surface area contributed by atoms with Crippen molar-refractivity contribution in [3.63, 3.8) is 0 Å². The number of carbonyl (C=O) groups is 1. The van der Waals surface area contributed by atoms with Gasteiger partial charge in [-0.1, -0.05) is 28.9 Å². The van der Waals surface area contributed by atoms with E-state index in [0.717, 1.165) is 16.9 Å². The van der Waals surface area contributed by atoms with Crippen LogP contribution < -0.4 is 4.72 Å². The van der Waals surface area contributed by atoms with Gasteiger partial charge in [0.05, 0.1) is 11.5 Å². The van der Waals surface area contributed by atoms with Gasteiger partial charge in [-0.05, 0) is 43.2 Å². The Balaban J connectivity index is 1.65. The van der Waals surface area contributed by atoms with Crippen LogP contribution in [0.15, 0.2) is 51.2 Å². The Labute approximate surface area is 171 Å². The van der Waals surface area contributed by atoms with E-state index in [1.54, 1.807) is 25.1 Å². The molecule has 3 rings (SSSR count). The SMILES string of the molecule is CCOC(=O)c1cc(-c2ccc(S(=O)(=O)NCCc3ccc(Cl)cc3)s2)on1. The summed E-state index contributed by atoms with van der Waals surface area (Å²) in [6.07, 6.45) is 0.541. The number of sulfonamides is 1. The van der Waals surface area contributed by atoms with Gasteiger partial charge >= 0.3 is 5.97 Å². The number of hydrogen-bond donors (Lipinski definition) is 1. The summed E-state index contributed by atoms with van der Waals surface area (Å²) < 4.78 is 37.7. The number of thiophene rings is 1. The van der Waals surface area contributed by atoms with Gasteiger partial charge in [0.25, 0.3) is 0 Å². The van der Waals surface area contributed by atoms with Gasteiger partial charge in [0.1, 0.15) is 4.21 Å². The molecule has 0 aliphatic rings. The molecule has 7 nitrogen and oxygen atoms in total. The molecule has 0 amide bonds. The number of nitrogens with one attached hydrogen (secondary N) is 1. The Morgan fingerprint density at radius 1 is 1.25 bits per heavy atom. The van der Waals surface area contributed by atoms with Crippen LogP contribution in [0.3, 0.4) is 0 Å². The third-order valence-electron chi connectivity index (χ3n) is 3.70. The summed E-state index contributed by atoms with van der Waals surface area (Å²) in [5.74, 6) is -0.290. The molecule has 28 heavy (non-hydrogen) atoms. The van der Waals surface area contributed by atoms with E-state index in [-0.39, 0.29) is 23.1 Å². The highest BCUT2D eigenvalue weighted by atomic mass is 35.5. The lowest BCUT2D eigenvalue weighted by Gasteiger charge is -2.05. The van der Waals surface area contributed by atoms with Crippen molar-refractivity contribution in [2.24, 2.45) is 0 Å². The van der Waals surface area contributed by atoms with Gasteiger partial charge in [-0.2, -0.15) is 0 Å². The number of benzene rings is 1. The third kappa shape index (κ3) is 4.99. The summed E-state index contributed by atoms with van der Waals surface area (Å²) in [4.78, 5) is 12.2. The normalized spacial score (nSPS) is 11.5. The van der Waals surface area contributed by atoms with E-state index in [1.807, 2.05) is 12.1 Å². The van der Waals surface area contributed by atoms with Crippen molar-refractivity contribution in [1.82, 2.24) is 9.88 Å². The molecule has 0 radical (unpaired) electrons. The van der Waals surface area contributed by atoms with Crippen molar-refractivity contribution in [3.05, 3.63) is 58.7 Å². The van der Waals surface area contributed by atoms with Crippen LogP contribution >= 0.6 is 22.9 Å². The maximum atomic E-state index is 12.5. The Morgan fingerprint density at radius 2 is 2.00 bits per heavy atom. The molecule has 1 N–H and O–H groups in total. The zero-order chi connectivity index (χ0) is 20.1. The largest absolute Gasteiger partial charge is 0.461 e. The smallest absolute Gasteiger partial charge is 0.360 e. The van der Waals surface area contributed by atoms with Crippen molar-refractivity contribution >= 4 is 38.9 Å². The van der Waals surface area contributed by atoms with E-state index in [9.17, 15) is 13.2 Å². The Morgan fingerprint density at radius 3 is 2.71 bits per heavy atom. The number of halogens is 1. The van der Waals surface area contributed by atoms with Crippen molar-refractivity contribution in [1.29, 1.82) is 0 Å². The molecule has 0 unspecified atom stereocenters. The first-order chi connectivity index (χ1) is 13.4. The highest BCUT2D eigenvalue weighted by Gasteiger charge is 2.20. The minimum atomic E-state index is -3.66. The van der Waals surface area contributed by atoms with Crippen LogP contribution in [-0.2, 0) is 21.2 Å². The molecule has 0 atom stereocenters. The Hall–Kier alpha value is -2.20. The first-order valence-electron chi connectivity index (χ1n) is 8.37. The van der Waals surface area contributed by atoms with Crippen molar-refractivity contribution < 1.29 is 22.5 Å². The Bertz CT molecular complexity index is 1060. The summed E-state index contributed by atoms with van der Waals surface area (Å²) in [5, 5.41) is 4.29. The van der Waals surface area contributed by atoms with Gasteiger partial charge in [0, 0.05) is 17.6 Å². The quantitative estimate of drug-likeness (QED) is 0.535. The van der Waals surface area contributed by atoms with Crippen LogP contribution in [-0.4, -0.2) is 32.7 Å². The topological polar surface area (TPSA) is 98.5 Å². The summed E-state index contributed by atoms with van der Waals surface area (Å²) in [6, 6.07) is 11.7. The second-order valence-electron chi connectivity index (χ2n) is 5.69. The fourth-order valence-corrected chi connectivity index (χ4v) is 4.80. The molecule has 0 fully saturated rings.